The lowest BCUT2D eigenvalue weighted by Crippen LogP contribution is -2.48. The predicted octanol–water partition coefficient (Wildman–Crippen LogP) is 1.05. The molecule has 1 aromatic carbocycles. The molecule has 1 saturated heterocycles. The van der Waals surface area contributed by atoms with Crippen LogP contribution in [0.2, 0.25) is 0 Å². The molecular weight excluding hydrogens is 395 g/mol. The van der Waals surface area contributed by atoms with Gasteiger partial charge in [0.05, 0.1) is 12.6 Å². The molecule has 2 amide bonds. The summed E-state index contributed by atoms with van der Waals surface area (Å²) >= 11 is 0. The average molecular weight is 411 g/mol. The van der Waals surface area contributed by atoms with Crippen molar-refractivity contribution in [3.63, 3.8) is 0 Å². The molecule has 1 atom stereocenters. The topological polar surface area (TPSA) is 124 Å². The number of pyridine rings is 1. The van der Waals surface area contributed by atoms with Crippen LogP contribution in [0.15, 0.2) is 35.1 Å². The molecule has 0 spiro atoms. The molecule has 1 aliphatic heterocycles. The number of aromatic amines is 1. The maximum absolute atomic E-state index is 13.3. The number of nitrogens with two attached hydrogens (primary N) is 1. The van der Waals surface area contributed by atoms with E-state index in [-0.39, 0.29) is 37.3 Å². The molecule has 0 aliphatic carbocycles. The van der Waals surface area contributed by atoms with E-state index in [1.54, 1.807) is 4.98 Å². The summed E-state index contributed by atoms with van der Waals surface area (Å²) in [5.74, 6) is -1.05. The third-order valence-corrected chi connectivity index (χ3v) is 4.12. The molecule has 1 fully saturated rings. The first-order valence-electron chi connectivity index (χ1n) is 8.40. The maximum Gasteiger partial charge on any atom is 0.431 e. The zero-order chi connectivity index (χ0) is 21.2. The average Bonchev–Trinajstić information content (AvgIpc) is 2.66. The SMILES string of the molecule is NC(=O)c1cc(-c2ccc(OCC3COCC(=O)N3)cc2)c(C(F)(F)F)[nH]c1=O. The van der Waals surface area contributed by atoms with E-state index >= 15 is 0 Å². The minimum atomic E-state index is -4.85. The van der Waals surface area contributed by atoms with E-state index in [1.165, 1.54) is 24.3 Å². The van der Waals surface area contributed by atoms with Gasteiger partial charge in [-0.05, 0) is 23.8 Å². The zero-order valence-electron chi connectivity index (χ0n) is 14.8. The van der Waals surface area contributed by atoms with Gasteiger partial charge in [-0.1, -0.05) is 12.1 Å². The number of carbonyl (C=O) groups excluding carboxylic acids is 2. The Bertz CT molecular complexity index is 986. The van der Waals surface area contributed by atoms with E-state index in [0.29, 0.717) is 5.75 Å². The fourth-order valence-corrected chi connectivity index (χ4v) is 2.79. The number of alkyl halides is 3. The number of nitrogens with one attached hydrogen (secondary N) is 2. The molecule has 1 aromatic heterocycles. The molecule has 2 aromatic rings. The molecule has 0 bridgehead atoms. The summed E-state index contributed by atoms with van der Waals surface area (Å²) in [7, 11) is 0. The summed E-state index contributed by atoms with van der Waals surface area (Å²) in [6, 6.07) is 6.02. The molecule has 1 aliphatic rings. The molecule has 11 heteroatoms. The number of rotatable bonds is 5. The van der Waals surface area contributed by atoms with E-state index in [0.717, 1.165) is 6.07 Å². The summed E-state index contributed by atoms with van der Waals surface area (Å²) in [5.41, 5.74) is 1.67. The predicted molar refractivity (Wildman–Crippen MR) is 94.3 cm³/mol. The summed E-state index contributed by atoms with van der Waals surface area (Å²) in [6.07, 6.45) is -4.85. The maximum atomic E-state index is 13.3. The molecular formula is C18H16F3N3O5. The van der Waals surface area contributed by atoms with Gasteiger partial charge in [0.1, 0.15) is 30.2 Å². The van der Waals surface area contributed by atoms with E-state index < -0.39 is 34.5 Å². The van der Waals surface area contributed by atoms with Gasteiger partial charge >= 0.3 is 6.18 Å². The van der Waals surface area contributed by atoms with E-state index in [4.69, 9.17) is 15.2 Å². The number of hydrogen-bond donors (Lipinski definition) is 3. The number of H-pyrrole nitrogens is 1. The smallest absolute Gasteiger partial charge is 0.431 e. The molecule has 8 nitrogen and oxygen atoms in total. The number of aromatic nitrogens is 1. The molecule has 1 unspecified atom stereocenters. The fraction of sp³-hybridized carbons (Fsp3) is 0.278. The Morgan fingerprint density at radius 2 is 1.93 bits per heavy atom. The lowest BCUT2D eigenvalue weighted by atomic mass is 10.0. The molecule has 4 N–H and O–H groups in total. The first-order chi connectivity index (χ1) is 13.6. The number of carbonyl (C=O) groups is 2. The van der Waals surface area contributed by atoms with Crippen molar-refractivity contribution in [2.75, 3.05) is 19.8 Å². The van der Waals surface area contributed by atoms with E-state index in [2.05, 4.69) is 5.32 Å². The van der Waals surface area contributed by atoms with Crippen LogP contribution in [0, 0.1) is 0 Å². The number of halogens is 3. The van der Waals surface area contributed by atoms with Gasteiger partial charge in [0, 0.05) is 5.56 Å². The third kappa shape index (κ3) is 4.74. The van der Waals surface area contributed by atoms with Crippen LogP contribution in [0.3, 0.4) is 0 Å². The van der Waals surface area contributed by atoms with Crippen molar-refractivity contribution in [1.82, 2.24) is 10.3 Å². The summed E-state index contributed by atoms with van der Waals surface area (Å²) in [5, 5.41) is 2.68. The van der Waals surface area contributed by atoms with Gasteiger partial charge in [-0.3, -0.25) is 14.4 Å². The molecule has 0 radical (unpaired) electrons. The summed E-state index contributed by atoms with van der Waals surface area (Å²) in [4.78, 5) is 36.0. The van der Waals surface area contributed by atoms with Gasteiger partial charge in [-0.15, -0.1) is 0 Å². The highest BCUT2D eigenvalue weighted by Crippen LogP contribution is 2.35. The number of primary amides is 1. The van der Waals surface area contributed by atoms with Gasteiger partial charge < -0.3 is 25.5 Å². The van der Waals surface area contributed by atoms with Gasteiger partial charge in [0.2, 0.25) is 5.91 Å². The second kappa shape index (κ2) is 7.95. The zero-order valence-corrected chi connectivity index (χ0v) is 14.8. The van der Waals surface area contributed by atoms with Crippen LogP contribution in [0.25, 0.3) is 11.1 Å². The first kappa shape index (κ1) is 20.4. The molecule has 29 heavy (non-hydrogen) atoms. The lowest BCUT2D eigenvalue weighted by Gasteiger charge is -2.23. The van der Waals surface area contributed by atoms with Crippen LogP contribution >= 0.6 is 0 Å². The van der Waals surface area contributed by atoms with Crippen molar-refractivity contribution in [3.05, 3.63) is 51.9 Å². The Morgan fingerprint density at radius 1 is 1.24 bits per heavy atom. The molecule has 3 rings (SSSR count). The van der Waals surface area contributed by atoms with Crippen molar-refractivity contribution in [2.24, 2.45) is 5.73 Å². The minimum Gasteiger partial charge on any atom is -0.491 e. The van der Waals surface area contributed by atoms with Crippen LogP contribution < -0.4 is 21.3 Å². The highest BCUT2D eigenvalue weighted by molar-refractivity contribution is 5.94. The van der Waals surface area contributed by atoms with Crippen LogP contribution in [0.4, 0.5) is 13.2 Å². The number of amides is 2. The summed E-state index contributed by atoms with van der Waals surface area (Å²) < 4.78 is 50.6. The Kier molecular flexibility index (Phi) is 5.59. The standard InChI is InChI=1S/C18H16F3N3O5/c19-18(20,21)15-12(5-13(16(22)26)17(27)24-15)9-1-3-11(4-2-9)29-7-10-6-28-8-14(25)23-10/h1-5,10H,6-8H2,(H2,22,26)(H,23,25)(H,24,27). The number of hydrogen-bond acceptors (Lipinski definition) is 5. The van der Waals surface area contributed by atoms with Crippen molar-refractivity contribution in [3.8, 4) is 16.9 Å². The second-order valence-electron chi connectivity index (χ2n) is 6.28. The van der Waals surface area contributed by atoms with Gasteiger partial charge in [-0.2, -0.15) is 13.2 Å². The Labute approximate surface area is 161 Å². The van der Waals surface area contributed by atoms with E-state index in [1.807, 2.05) is 0 Å². The van der Waals surface area contributed by atoms with Gasteiger partial charge in [0.25, 0.3) is 11.5 Å². The van der Waals surface area contributed by atoms with Gasteiger partial charge in [-0.25, -0.2) is 0 Å². The number of morpholine rings is 1. The van der Waals surface area contributed by atoms with Crippen molar-refractivity contribution >= 4 is 11.8 Å². The Morgan fingerprint density at radius 3 is 2.52 bits per heavy atom. The highest BCUT2D eigenvalue weighted by Gasteiger charge is 2.36. The van der Waals surface area contributed by atoms with Crippen LogP contribution in [0.1, 0.15) is 16.1 Å². The summed E-state index contributed by atoms with van der Waals surface area (Å²) in [6.45, 7) is 0.384. The quantitative estimate of drug-likeness (QED) is 0.679. The van der Waals surface area contributed by atoms with Crippen LogP contribution in [-0.4, -0.2) is 42.7 Å². The fourth-order valence-electron chi connectivity index (χ4n) is 2.79. The minimum absolute atomic E-state index is 0.0147. The van der Waals surface area contributed by atoms with Crippen LogP contribution in [0.5, 0.6) is 5.75 Å². The third-order valence-electron chi connectivity index (χ3n) is 4.12. The van der Waals surface area contributed by atoms with Crippen molar-refractivity contribution in [2.45, 2.75) is 12.2 Å². The number of ether oxygens (including phenoxy) is 2. The van der Waals surface area contributed by atoms with E-state index in [9.17, 15) is 27.6 Å². The Balaban J connectivity index is 1.85. The monoisotopic (exact) mass is 411 g/mol. The number of benzene rings is 1. The normalized spacial score (nSPS) is 16.9. The Hall–Kier alpha value is -3.34. The lowest BCUT2D eigenvalue weighted by molar-refractivity contribution is -0.140. The molecule has 0 saturated carbocycles. The molecule has 2 heterocycles. The molecule has 154 valence electrons. The van der Waals surface area contributed by atoms with Crippen molar-refractivity contribution < 1.29 is 32.2 Å². The largest absolute Gasteiger partial charge is 0.491 e. The van der Waals surface area contributed by atoms with Crippen molar-refractivity contribution in [1.29, 1.82) is 0 Å². The van der Waals surface area contributed by atoms with Crippen LogP contribution in [-0.2, 0) is 15.7 Å². The highest BCUT2D eigenvalue weighted by atomic mass is 19.4. The second-order valence-corrected chi connectivity index (χ2v) is 6.28. The first-order valence-corrected chi connectivity index (χ1v) is 8.40. The van der Waals surface area contributed by atoms with Gasteiger partial charge in [0.15, 0.2) is 0 Å².